The number of anilines is 3. The summed E-state index contributed by atoms with van der Waals surface area (Å²) >= 11 is 0. The summed E-state index contributed by atoms with van der Waals surface area (Å²) in [6.07, 6.45) is 2.29. The Labute approximate surface area is 191 Å². The minimum atomic E-state index is -4.03. The van der Waals surface area contributed by atoms with Crippen molar-refractivity contribution in [2.75, 3.05) is 21.5 Å². The molecule has 3 aromatic carbocycles. The zero-order valence-electron chi connectivity index (χ0n) is 17.6. The van der Waals surface area contributed by atoms with Crippen molar-refractivity contribution in [2.45, 2.75) is 24.2 Å². The van der Waals surface area contributed by atoms with Gasteiger partial charge in [-0.1, -0.05) is 18.2 Å². The van der Waals surface area contributed by atoms with Crippen LogP contribution in [-0.2, 0) is 14.8 Å². The van der Waals surface area contributed by atoms with Crippen molar-refractivity contribution in [3.63, 3.8) is 0 Å². The minimum absolute atomic E-state index is 0.0465. The molecule has 1 saturated heterocycles. The number of nitrogens with one attached hydrogen (secondary N) is 2. The maximum absolute atomic E-state index is 13.2. The fourth-order valence-corrected chi connectivity index (χ4v) is 4.70. The smallest absolute Gasteiger partial charge is 0.261 e. The standard InChI is InChI=1S/C24H22FN3O4S/c25-17-11-13-20(14-12-17)33(31,32)27-22-9-2-1-8-21(22)24(30)26-18-6-5-7-19(16-18)28-15-4-3-10-23(28)29/h1-2,5-9,11-14,16,27H,3-4,10,15H2,(H,26,30). The molecule has 0 radical (unpaired) electrons. The first kappa shape index (κ1) is 22.5. The number of piperidine rings is 1. The van der Waals surface area contributed by atoms with E-state index >= 15 is 0 Å². The number of hydrogen-bond acceptors (Lipinski definition) is 4. The summed E-state index contributed by atoms with van der Waals surface area (Å²) in [5, 5.41) is 2.76. The molecule has 0 bridgehead atoms. The van der Waals surface area contributed by atoms with Crippen molar-refractivity contribution in [3.8, 4) is 0 Å². The van der Waals surface area contributed by atoms with Gasteiger partial charge in [-0.15, -0.1) is 0 Å². The van der Waals surface area contributed by atoms with E-state index in [0.29, 0.717) is 24.3 Å². The Balaban J connectivity index is 1.55. The van der Waals surface area contributed by atoms with Gasteiger partial charge in [0.15, 0.2) is 0 Å². The molecule has 4 rings (SSSR count). The van der Waals surface area contributed by atoms with Crippen molar-refractivity contribution in [1.82, 2.24) is 0 Å². The quantitative estimate of drug-likeness (QED) is 0.562. The highest BCUT2D eigenvalue weighted by molar-refractivity contribution is 7.92. The topological polar surface area (TPSA) is 95.6 Å². The molecule has 0 aromatic heterocycles. The normalized spacial score (nSPS) is 14.1. The molecular weight excluding hydrogens is 445 g/mol. The van der Waals surface area contributed by atoms with Crippen molar-refractivity contribution in [1.29, 1.82) is 0 Å². The molecule has 1 aliphatic rings. The van der Waals surface area contributed by atoms with Gasteiger partial charge >= 0.3 is 0 Å². The summed E-state index contributed by atoms with van der Waals surface area (Å²) in [4.78, 5) is 26.8. The molecule has 7 nitrogen and oxygen atoms in total. The van der Waals surface area contributed by atoms with Gasteiger partial charge < -0.3 is 10.2 Å². The number of halogens is 1. The Hall–Kier alpha value is -3.72. The van der Waals surface area contributed by atoms with Crippen molar-refractivity contribution < 1.29 is 22.4 Å². The first-order chi connectivity index (χ1) is 15.8. The molecular formula is C24H22FN3O4S. The number of benzene rings is 3. The van der Waals surface area contributed by atoms with Gasteiger partial charge in [-0.2, -0.15) is 0 Å². The number of para-hydroxylation sites is 1. The van der Waals surface area contributed by atoms with Crippen LogP contribution in [0.25, 0.3) is 0 Å². The van der Waals surface area contributed by atoms with Gasteiger partial charge in [0, 0.05) is 24.3 Å². The highest BCUT2D eigenvalue weighted by Crippen LogP contribution is 2.26. The summed E-state index contributed by atoms with van der Waals surface area (Å²) < 4.78 is 40.9. The Morgan fingerprint density at radius 2 is 1.70 bits per heavy atom. The number of nitrogens with zero attached hydrogens (tertiary/aromatic N) is 1. The monoisotopic (exact) mass is 467 g/mol. The summed E-state index contributed by atoms with van der Waals surface area (Å²) in [5.74, 6) is -1.03. The summed E-state index contributed by atoms with van der Waals surface area (Å²) in [6.45, 7) is 0.629. The van der Waals surface area contributed by atoms with Crippen LogP contribution in [-0.4, -0.2) is 26.8 Å². The lowest BCUT2D eigenvalue weighted by molar-refractivity contribution is -0.119. The lowest BCUT2D eigenvalue weighted by atomic mass is 10.1. The molecule has 2 amide bonds. The molecule has 0 aliphatic carbocycles. The van der Waals surface area contributed by atoms with Crippen LogP contribution >= 0.6 is 0 Å². The molecule has 0 atom stereocenters. The average molecular weight is 468 g/mol. The van der Waals surface area contributed by atoms with E-state index < -0.39 is 21.7 Å². The van der Waals surface area contributed by atoms with Crippen LogP contribution < -0.4 is 14.9 Å². The molecule has 0 spiro atoms. The minimum Gasteiger partial charge on any atom is -0.322 e. The molecule has 33 heavy (non-hydrogen) atoms. The Kier molecular flexibility index (Phi) is 6.41. The van der Waals surface area contributed by atoms with E-state index in [1.807, 2.05) is 6.07 Å². The van der Waals surface area contributed by atoms with E-state index in [2.05, 4.69) is 10.0 Å². The number of carbonyl (C=O) groups is 2. The maximum atomic E-state index is 13.2. The molecule has 1 heterocycles. The number of sulfonamides is 1. The zero-order valence-corrected chi connectivity index (χ0v) is 18.4. The summed E-state index contributed by atoms with van der Waals surface area (Å²) in [5.41, 5.74) is 1.37. The predicted octanol–water partition coefficient (Wildman–Crippen LogP) is 4.40. The third kappa shape index (κ3) is 5.20. The first-order valence-electron chi connectivity index (χ1n) is 10.4. The maximum Gasteiger partial charge on any atom is 0.261 e. The molecule has 9 heteroatoms. The van der Waals surface area contributed by atoms with Gasteiger partial charge in [0.05, 0.1) is 16.1 Å². The average Bonchev–Trinajstić information content (AvgIpc) is 2.80. The second-order valence-corrected chi connectivity index (χ2v) is 9.29. The van der Waals surface area contributed by atoms with Gasteiger partial charge in [-0.25, -0.2) is 12.8 Å². The van der Waals surface area contributed by atoms with E-state index in [-0.39, 0.29) is 22.1 Å². The molecule has 0 unspecified atom stereocenters. The van der Waals surface area contributed by atoms with Crippen LogP contribution in [0.4, 0.5) is 21.5 Å². The molecule has 1 fully saturated rings. The van der Waals surface area contributed by atoms with Crippen molar-refractivity contribution >= 4 is 38.9 Å². The van der Waals surface area contributed by atoms with Crippen LogP contribution in [0.2, 0.25) is 0 Å². The lowest BCUT2D eigenvalue weighted by Gasteiger charge is -2.27. The summed E-state index contributed by atoms with van der Waals surface area (Å²) in [7, 11) is -4.03. The van der Waals surface area contributed by atoms with Crippen LogP contribution in [0.15, 0.2) is 77.7 Å². The van der Waals surface area contributed by atoms with Crippen molar-refractivity contribution in [3.05, 3.63) is 84.2 Å². The number of carbonyl (C=O) groups excluding carboxylic acids is 2. The molecule has 3 aromatic rings. The SMILES string of the molecule is O=C(Nc1cccc(N2CCCCC2=O)c1)c1ccccc1NS(=O)(=O)c1ccc(F)cc1. The lowest BCUT2D eigenvalue weighted by Crippen LogP contribution is -2.35. The number of amides is 2. The van der Waals surface area contributed by atoms with Gasteiger partial charge in [0.2, 0.25) is 5.91 Å². The van der Waals surface area contributed by atoms with E-state index in [1.54, 1.807) is 35.2 Å². The van der Waals surface area contributed by atoms with E-state index in [4.69, 9.17) is 0 Å². The van der Waals surface area contributed by atoms with Crippen LogP contribution in [0, 0.1) is 5.82 Å². The Morgan fingerprint density at radius 3 is 2.45 bits per heavy atom. The van der Waals surface area contributed by atoms with Gasteiger partial charge in [0.1, 0.15) is 5.82 Å². The first-order valence-corrected chi connectivity index (χ1v) is 11.9. The Morgan fingerprint density at radius 1 is 0.939 bits per heavy atom. The van der Waals surface area contributed by atoms with Crippen molar-refractivity contribution in [2.24, 2.45) is 0 Å². The fraction of sp³-hybridized carbons (Fsp3) is 0.167. The molecule has 1 aliphatic heterocycles. The molecule has 170 valence electrons. The van der Waals surface area contributed by atoms with E-state index in [0.717, 1.165) is 37.1 Å². The fourth-order valence-electron chi connectivity index (χ4n) is 3.62. The van der Waals surface area contributed by atoms with Crippen LogP contribution in [0.5, 0.6) is 0 Å². The molecule has 0 saturated carbocycles. The van der Waals surface area contributed by atoms with E-state index in [9.17, 15) is 22.4 Å². The van der Waals surface area contributed by atoms with Crippen LogP contribution in [0.1, 0.15) is 29.6 Å². The second kappa shape index (κ2) is 9.41. The number of hydrogen-bond donors (Lipinski definition) is 2. The second-order valence-electron chi connectivity index (χ2n) is 7.61. The number of rotatable bonds is 6. The van der Waals surface area contributed by atoms with Gasteiger partial charge in [0.25, 0.3) is 15.9 Å². The third-order valence-electron chi connectivity index (χ3n) is 5.28. The highest BCUT2D eigenvalue weighted by Gasteiger charge is 2.21. The highest BCUT2D eigenvalue weighted by atomic mass is 32.2. The summed E-state index contributed by atoms with van der Waals surface area (Å²) in [6, 6.07) is 17.5. The Bertz CT molecular complexity index is 1290. The zero-order chi connectivity index (χ0) is 23.4. The molecule has 2 N–H and O–H groups in total. The van der Waals surface area contributed by atoms with E-state index in [1.165, 1.54) is 12.1 Å². The predicted molar refractivity (Wildman–Crippen MR) is 124 cm³/mol. The third-order valence-corrected chi connectivity index (χ3v) is 6.66. The van der Waals surface area contributed by atoms with Gasteiger partial charge in [-0.05, 0) is 67.4 Å². The van der Waals surface area contributed by atoms with Crippen LogP contribution in [0.3, 0.4) is 0 Å². The van der Waals surface area contributed by atoms with Gasteiger partial charge in [-0.3, -0.25) is 14.3 Å². The largest absolute Gasteiger partial charge is 0.322 e.